The van der Waals surface area contributed by atoms with Gasteiger partial charge in [0.1, 0.15) is 11.6 Å². The molecule has 23 heavy (non-hydrogen) atoms. The van der Waals surface area contributed by atoms with Gasteiger partial charge >= 0.3 is 0 Å². The summed E-state index contributed by atoms with van der Waals surface area (Å²) in [5, 5.41) is 5.96. The summed E-state index contributed by atoms with van der Waals surface area (Å²) in [7, 11) is 0. The minimum Gasteiger partial charge on any atom is -0.467 e. The van der Waals surface area contributed by atoms with Crippen LogP contribution < -0.4 is 10.6 Å². The van der Waals surface area contributed by atoms with Crippen molar-refractivity contribution in [2.45, 2.75) is 6.54 Å². The van der Waals surface area contributed by atoms with Crippen molar-refractivity contribution in [3.8, 4) is 0 Å². The molecule has 2 heterocycles. The Morgan fingerprint density at radius 1 is 1.17 bits per heavy atom. The second kappa shape index (κ2) is 7.11. The summed E-state index contributed by atoms with van der Waals surface area (Å²) in [6.45, 7) is 0.559. The molecule has 0 unspecified atom stereocenters. The Kier molecular flexibility index (Phi) is 4.73. The maximum atomic E-state index is 12.1. The molecule has 0 saturated carbocycles. The maximum absolute atomic E-state index is 12.1. The average molecular weight is 372 g/mol. The number of hydrogen-bond acceptors (Lipinski definition) is 4. The molecule has 0 bridgehead atoms. The summed E-state index contributed by atoms with van der Waals surface area (Å²) in [6.07, 6.45) is 3.24. The molecule has 0 aliphatic heterocycles. The Morgan fingerprint density at radius 2 is 2.09 bits per heavy atom. The van der Waals surface area contributed by atoms with Gasteiger partial charge in [-0.3, -0.25) is 4.79 Å². The van der Waals surface area contributed by atoms with Gasteiger partial charge in [0.25, 0.3) is 5.91 Å². The summed E-state index contributed by atoms with van der Waals surface area (Å²) in [4.78, 5) is 16.4. The van der Waals surface area contributed by atoms with Crippen molar-refractivity contribution in [1.29, 1.82) is 0 Å². The van der Waals surface area contributed by atoms with Gasteiger partial charge in [-0.15, -0.1) is 0 Å². The van der Waals surface area contributed by atoms with Crippen molar-refractivity contribution >= 4 is 33.3 Å². The number of rotatable bonds is 5. The van der Waals surface area contributed by atoms with Gasteiger partial charge in [-0.25, -0.2) is 4.98 Å². The molecule has 6 heteroatoms. The minimum atomic E-state index is -0.176. The number of amides is 1. The molecular formula is C17H14BrN3O2. The first-order valence-electron chi connectivity index (χ1n) is 7.00. The number of carbonyl (C=O) groups is 1. The highest BCUT2D eigenvalue weighted by molar-refractivity contribution is 9.10. The monoisotopic (exact) mass is 371 g/mol. The lowest BCUT2D eigenvalue weighted by Gasteiger charge is -2.07. The van der Waals surface area contributed by atoms with Crippen molar-refractivity contribution in [1.82, 2.24) is 4.98 Å². The number of nitrogens with one attached hydrogen (secondary N) is 2. The number of furan rings is 1. The highest BCUT2D eigenvalue weighted by Gasteiger charge is 2.06. The number of anilines is 2. The Labute approximate surface area is 141 Å². The molecule has 5 nitrogen and oxygen atoms in total. The summed E-state index contributed by atoms with van der Waals surface area (Å²) >= 11 is 3.35. The standard InChI is InChI=1S/C17H14BrN3O2/c18-13-4-1-3-12(9-13)17(22)21-14-6-7-16(19-10-14)20-11-15-5-2-8-23-15/h1-10H,11H2,(H,19,20)(H,21,22). The molecule has 0 radical (unpaired) electrons. The summed E-state index contributed by atoms with van der Waals surface area (Å²) in [5.74, 6) is 1.37. The van der Waals surface area contributed by atoms with Crippen molar-refractivity contribution < 1.29 is 9.21 Å². The van der Waals surface area contributed by atoms with Gasteiger partial charge in [0.2, 0.25) is 0 Å². The Bertz CT molecular complexity index is 786. The Balaban J connectivity index is 1.59. The maximum Gasteiger partial charge on any atom is 0.255 e. The number of nitrogens with zero attached hydrogens (tertiary/aromatic N) is 1. The number of carbonyl (C=O) groups excluding carboxylic acids is 1. The lowest BCUT2D eigenvalue weighted by molar-refractivity contribution is 0.102. The first kappa shape index (κ1) is 15.3. The lowest BCUT2D eigenvalue weighted by atomic mass is 10.2. The predicted molar refractivity (Wildman–Crippen MR) is 92.4 cm³/mol. The third-order valence-electron chi connectivity index (χ3n) is 3.13. The quantitative estimate of drug-likeness (QED) is 0.701. The number of pyridine rings is 1. The van der Waals surface area contributed by atoms with E-state index in [0.29, 0.717) is 23.6 Å². The Hall–Kier alpha value is -2.60. The van der Waals surface area contributed by atoms with E-state index in [1.54, 1.807) is 36.7 Å². The first-order chi connectivity index (χ1) is 11.2. The fourth-order valence-electron chi connectivity index (χ4n) is 2.00. The molecule has 0 spiro atoms. The number of halogens is 1. The molecule has 0 aliphatic rings. The average Bonchev–Trinajstić information content (AvgIpc) is 3.08. The topological polar surface area (TPSA) is 67.2 Å². The highest BCUT2D eigenvalue weighted by atomic mass is 79.9. The largest absolute Gasteiger partial charge is 0.467 e. The van der Waals surface area contributed by atoms with Crippen LogP contribution in [-0.4, -0.2) is 10.9 Å². The van der Waals surface area contributed by atoms with Crippen LogP contribution in [0.15, 0.2) is 69.9 Å². The van der Waals surface area contributed by atoms with Crippen molar-refractivity contribution in [2.75, 3.05) is 10.6 Å². The number of benzene rings is 1. The molecule has 2 N–H and O–H groups in total. The zero-order chi connectivity index (χ0) is 16.1. The summed E-state index contributed by atoms with van der Waals surface area (Å²) in [5.41, 5.74) is 1.22. The van der Waals surface area contributed by atoms with E-state index in [-0.39, 0.29) is 5.91 Å². The van der Waals surface area contributed by atoms with Crippen LogP contribution in [0.5, 0.6) is 0 Å². The van der Waals surface area contributed by atoms with Crippen LogP contribution in [0.3, 0.4) is 0 Å². The van der Waals surface area contributed by atoms with E-state index < -0.39 is 0 Å². The number of aromatic nitrogens is 1. The summed E-state index contributed by atoms with van der Waals surface area (Å²) in [6, 6.07) is 14.5. The lowest BCUT2D eigenvalue weighted by Crippen LogP contribution is -2.12. The van der Waals surface area contributed by atoms with E-state index in [1.807, 2.05) is 24.3 Å². The molecule has 0 aliphatic carbocycles. The van der Waals surface area contributed by atoms with Crippen molar-refractivity contribution in [3.05, 3.63) is 76.8 Å². The number of hydrogen-bond donors (Lipinski definition) is 2. The van der Waals surface area contributed by atoms with Gasteiger partial charge in [-0.1, -0.05) is 22.0 Å². The van der Waals surface area contributed by atoms with E-state index in [9.17, 15) is 4.79 Å². The van der Waals surface area contributed by atoms with Crippen LogP contribution >= 0.6 is 15.9 Å². The summed E-state index contributed by atoms with van der Waals surface area (Å²) < 4.78 is 6.10. The van der Waals surface area contributed by atoms with Crippen LogP contribution in [0, 0.1) is 0 Å². The molecule has 1 aromatic carbocycles. The molecular weight excluding hydrogens is 358 g/mol. The van der Waals surface area contributed by atoms with Crippen molar-refractivity contribution in [3.63, 3.8) is 0 Å². The molecule has 3 rings (SSSR count). The zero-order valence-corrected chi connectivity index (χ0v) is 13.7. The molecule has 0 atom stereocenters. The van der Waals surface area contributed by atoms with E-state index >= 15 is 0 Å². The second-order valence-corrected chi connectivity index (χ2v) is 5.75. The van der Waals surface area contributed by atoms with Gasteiger partial charge in [-0.2, -0.15) is 0 Å². The smallest absolute Gasteiger partial charge is 0.255 e. The molecule has 1 amide bonds. The second-order valence-electron chi connectivity index (χ2n) is 4.83. The Morgan fingerprint density at radius 3 is 2.78 bits per heavy atom. The molecule has 0 fully saturated rings. The zero-order valence-electron chi connectivity index (χ0n) is 12.1. The fraction of sp³-hybridized carbons (Fsp3) is 0.0588. The molecule has 3 aromatic rings. The van der Waals surface area contributed by atoms with Crippen LogP contribution in [0.2, 0.25) is 0 Å². The fourth-order valence-corrected chi connectivity index (χ4v) is 2.40. The van der Waals surface area contributed by atoms with Gasteiger partial charge in [0.15, 0.2) is 0 Å². The minimum absolute atomic E-state index is 0.176. The van der Waals surface area contributed by atoms with E-state index in [1.165, 1.54) is 0 Å². The van der Waals surface area contributed by atoms with Gasteiger partial charge in [-0.05, 0) is 42.5 Å². The predicted octanol–water partition coefficient (Wildman–Crippen LogP) is 4.30. The van der Waals surface area contributed by atoms with Gasteiger partial charge in [0, 0.05) is 10.0 Å². The van der Waals surface area contributed by atoms with Crippen molar-refractivity contribution in [2.24, 2.45) is 0 Å². The normalized spacial score (nSPS) is 10.3. The third kappa shape index (κ3) is 4.20. The molecule has 116 valence electrons. The molecule has 2 aromatic heterocycles. The molecule has 0 saturated heterocycles. The van der Waals surface area contributed by atoms with E-state index in [4.69, 9.17) is 4.42 Å². The highest BCUT2D eigenvalue weighted by Crippen LogP contribution is 2.15. The van der Waals surface area contributed by atoms with Gasteiger partial charge in [0.05, 0.1) is 24.7 Å². The van der Waals surface area contributed by atoms with E-state index in [0.717, 1.165) is 10.2 Å². The van der Waals surface area contributed by atoms with Crippen LogP contribution in [0.25, 0.3) is 0 Å². The third-order valence-corrected chi connectivity index (χ3v) is 3.63. The van der Waals surface area contributed by atoms with E-state index in [2.05, 4.69) is 31.5 Å². The SMILES string of the molecule is O=C(Nc1ccc(NCc2ccco2)nc1)c1cccc(Br)c1. The van der Waals surface area contributed by atoms with Crippen LogP contribution in [0.4, 0.5) is 11.5 Å². The first-order valence-corrected chi connectivity index (χ1v) is 7.79. The van der Waals surface area contributed by atoms with Crippen LogP contribution in [0.1, 0.15) is 16.1 Å². The van der Waals surface area contributed by atoms with Crippen LogP contribution in [-0.2, 0) is 6.54 Å². The van der Waals surface area contributed by atoms with Gasteiger partial charge < -0.3 is 15.1 Å².